The minimum Gasteiger partial charge on any atom is -0.345 e. The molecular weight excluding hydrogens is 503 g/mol. The van der Waals surface area contributed by atoms with E-state index in [0.29, 0.717) is 22.8 Å². The van der Waals surface area contributed by atoms with Crippen LogP contribution in [0.2, 0.25) is 0 Å². The lowest BCUT2D eigenvalue weighted by molar-refractivity contribution is -0.137. The molecule has 0 spiro atoms. The van der Waals surface area contributed by atoms with Gasteiger partial charge in [0.05, 0.1) is 11.3 Å². The number of nitrogens with zero attached hydrogens (tertiary/aromatic N) is 3. The molecule has 0 fully saturated rings. The molecule has 0 saturated heterocycles. The molecule has 5 rings (SSSR count). The largest absolute Gasteiger partial charge is 0.417 e. The molecule has 0 unspecified atom stereocenters. The molecule has 5 aromatic rings. The number of hydrogen-bond donors (Lipinski definition) is 0. The van der Waals surface area contributed by atoms with Crippen LogP contribution in [0.25, 0.3) is 39.5 Å². The first kappa shape index (κ1) is 24.1. The molecule has 0 N–H and O–H groups in total. The van der Waals surface area contributed by atoms with Crippen molar-refractivity contribution in [2.24, 2.45) is 7.05 Å². The van der Waals surface area contributed by atoms with Gasteiger partial charge in [0.25, 0.3) is 0 Å². The van der Waals surface area contributed by atoms with Crippen molar-refractivity contribution < 1.29 is 17.7 Å². The maximum Gasteiger partial charge on any atom is 0.417 e. The molecule has 182 valence electrons. The molecule has 0 amide bonds. The summed E-state index contributed by atoms with van der Waals surface area (Å²) in [5.74, 6) is 0.426. The molecular formula is C27H20F3N3OS2. The molecule has 0 aliphatic carbocycles. The average Bonchev–Trinajstić information content (AvgIpc) is 3.46. The molecule has 0 radical (unpaired) electrons. The second-order valence-corrected chi connectivity index (χ2v) is 9.33. The first-order chi connectivity index (χ1) is 17.2. The molecule has 0 bridgehead atoms. The van der Waals surface area contributed by atoms with Crippen molar-refractivity contribution in [3.8, 4) is 39.5 Å². The third kappa shape index (κ3) is 4.64. The predicted molar refractivity (Wildman–Crippen MR) is 139 cm³/mol. The Morgan fingerprint density at radius 2 is 1.64 bits per heavy atom. The highest BCUT2D eigenvalue weighted by molar-refractivity contribution is 7.98. The summed E-state index contributed by atoms with van der Waals surface area (Å²) < 4.78 is 50.2. The first-order valence-corrected chi connectivity index (χ1v) is 12.6. The van der Waals surface area contributed by atoms with E-state index in [0.717, 1.165) is 22.1 Å². The molecule has 4 nitrogen and oxygen atoms in total. The van der Waals surface area contributed by atoms with E-state index in [4.69, 9.17) is 16.7 Å². The van der Waals surface area contributed by atoms with Crippen LogP contribution in [0.1, 0.15) is 5.56 Å². The summed E-state index contributed by atoms with van der Waals surface area (Å²) in [4.78, 5) is 5.44. The summed E-state index contributed by atoms with van der Waals surface area (Å²) in [7, 11) is 1.65. The molecule has 0 aliphatic heterocycles. The van der Waals surface area contributed by atoms with Crippen molar-refractivity contribution in [3.63, 3.8) is 0 Å². The second kappa shape index (κ2) is 9.48. The zero-order chi connectivity index (χ0) is 25.4. The van der Waals surface area contributed by atoms with Crippen LogP contribution in [0.3, 0.4) is 0 Å². The van der Waals surface area contributed by atoms with Crippen LogP contribution in [-0.2, 0) is 13.2 Å². The number of benzene rings is 3. The summed E-state index contributed by atoms with van der Waals surface area (Å²) in [6.45, 7) is 0. The molecule has 3 aromatic carbocycles. The van der Waals surface area contributed by atoms with E-state index in [-0.39, 0.29) is 10.4 Å². The van der Waals surface area contributed by atoms with E-state index in [2.05, 4.69) is 11.1 Å². The van der Waals surface area contributed by atoms with Crippen LogP contribution in [0.15, 0.2) is 94.5 Å². The van der Waals surface area contributed by atoms with Gasteiger partial charge < -0.3 is 9.09 Å². The lowest BCUT2D eigenvalue weighted by atomic mass is 10.0. The van der Waals surface area contributed by atoms with E-state index < -0.39 is 11.7 Å². The first-order valence-electron chi connectivity index (χ1n) is 10.9. The zero-order valence-electron chi connectivity index (χ0n) is 19.3. The Labute approximate surface area is 215 Å². The van der Waals surface area contributed by atoms with Gasteiger partial charge in [-0.25, -0.2) is 0 Å². The Kier molecular flexibility index (Phi) is 6.36. The maximum absolute atomic E-state index is 13.9. The van der Waals surface area contributed by atoms with Crippen LogP contribution < -0.4 is 0 Å². The highest BCUT2D eigenvalue weighted by atomic mass is 32.2. The van der Waals surface area contributed by atoms with Gasteiger partial charge in [0, 0.05) is 35.0 Å². The number of alkyl halides is 3. The van der Waals surface area contributed by atoms with Crippen LogP contribution in [0.4, 0.5) is 13.2 Å². The van der Waals surface area contributed by atoms with Crippen molar-refractivity contribution in [1.82, 2.24) is 14.3 Å². The highest BCUT2D eigenvalue weighted by Crippen LogP contribution is 2.39. The summed E-state index contributed by atoms with van der Waals surface area (Å²) >= 11 is 6.70. The summed E-state index contributed by atoms with van der Waals surface area (Å²) in [6.07, 6.45) is -0.737. The third-order valence-corrected chi connectivity index (χ3v) is 6.74. The Balaban J connectivity index is 1.67. The quantitative estimate of drug-likeness (QED) is 0.172. The van der Waals surface area contributed by atoms with Gasteiger partial charge in [0.2, 0.25) is 0 Å². The van der Waals surface area contributed by atoms with Gasteiger partial charge in [-0.05, 0) is 66.0 Å². The number of aromatic nitrogens is 3. The van der Waals surface area contributed by atoms with E-state index in [9.17, 15) is 13.2 Å². The van der Waals surface area contributed by atoms with Crippen molar-refractivity contribution >= 4 is 24.0 Å². The van der Waals surface area contributed by atoms with E-state index >= 15 is 0 Å². The molecule has 2 aromatic heterocycles. The molecule has 2 heterocycles. The molecule has 0 saturated carbocycles. The average molecular weight is 524 g/mol. The lowest BCUT2D eigenvalue weighted by Gasteiger charge is -2.15. The third-order valence-electron chi connectivity index (χ3n) is 5.85. The number of rotatable bonds is 5. The fraction of sp³-hybridized carbons (Fsp3) is 0.111. The van der Waals surface area contributed by atoms with Gasteiger partial charge in [0.1, 0.15) is 0 Å². The monoisotopic (exact) mass is 523 g/mol. The van der Waals surface area contributed by atoms with Gasteiger partial charge >= 0.3 is 11.0 Å². The minimum absolute atomic E-state index is 0.0503. The Morgan fingerprint density at radius 1 is 0.889 bits per heavy atom. The SMILES string of the molecule is CSc1cccc(-c2ccc(-n3cc(-c4nc(=S)on4C)cc3-c3ccccc3C(F)(F)F)cc2)c1. The number of aryl methyl sites for hydroxylation is 1. The zero-order valence-corrected chi connectivity index (χ0v) is 20.9. The normalized spacial score (nSPS) is 11.7. The summed E-state index contributed by atoms with van der Waals surface area (Å²) in [5, 5.41) is 0. The predicted octanol–water partition coefficient (Wildman–Crippen LogP) is 8.27. The summed E-state index contributed by atoms with van der Waals surface area (Å²) in [6, 6.07) is 23.1. The van der Waals surface area contributed by atoms with Gasteiger partial charge in [-0.15, -0.1) is 11.8 Å². The molecule has 36 heavy (non-hydrogen) atoms. The fourth-order valence-electron chi connectivity index (χ4n) is 4.16. The fourth-order valence-corrected chi connectivity index (χ4v) is 4.82. The number of hydrogen-bond acceptors (Lipinski definition) is 4. The number of halogens is 3. The smallest absolute Gasteiger partial charge is 0.345 e. The van der Waals surface area contributed by atoms with Crippen molar-refractivity contribution in [1.29, 1.82) is 0 Å². The van der Waals surface area contributed by atoms with Crippen LogP contribution in [0.5, 0.6) is 0 Å². The van der Waals surface area contributed by atoms with Crippen LogP contribution >= 0.6 is 24.0 Å². The Bertz CT molecular complexity index is 1600. The van der Waals surface area contributed by atoms with Crippen LogP contribution in [0, 0.1) is 4.84 Å². The molecule has 0 aliphatic rings. The van der Waals surface area contributed by atoms with Crippen molar-refractivity contribution in [3.05, 3.63) is 95.5 Å². The maximum atomic E-state index is 13.9. The van der Waals surface area contributed by atoms with E-state index in [1.54, 1.807) is 41.7 Å². The second-order valence-electron chi connectivity index (χ2n) is 8.10. The van der Waals surface area contributed by atoms with E-state index in [1.807, 2.05) is 48.7 Å². The Hall–Kier alpha value is -3.56. The van der Waals surface area contributed by atoms with Crippen molar-refractivity contribution in [2.45, 2.75) is 11.1 Å². The van der Waals surface area contributed by atoms with Gasteiger partial charge in [-0.2, -0.15) is 22.9 Å². The highest BCUT2D eigenvalue weighted by Gasteiger charge is 2.34. The van der Waals surface area contributed by atoms with E-state index in [1.165, 1.54) is 16.9 Å². The Morgan fingerprint density at radius 3 is 2.31 bits per heavy atom. The lowest BCUT2D eigenvalue weighted by Crippen LogP contribution is -2.08. The van der Waals surface area contributed by atoms with Crippen LogP contribution in [-0.4, -0.2) is 20.5 Å². The minimum atomic E-state index is -4.51. The topological polar surface area (TPSA) is 35.9 Å². The van der Waals surface area contributed by atoms with Gasteiger partial charge in [-0.1, -0.05) is 42.5 Å². The summed E-state index contributed by atoms with van der Waals surface area (Å²) in [5.41, 5.74) is 3.11. The standard InChI is InChI=1S/C27H20F3N3OS2/c1-32-25(31-26(35)34-32)19-15-24(22-8-3-4-9-23(22)27(28,29)30)33(16-19)20-12-10-17(11-13-20)18-6-5-7-21(14-18)36-2/h3-16H,1-2H3. The van der Waals surface area contributed by atoms with Gasteiger partial charge in [0.15, 0.2) is 5.82 Å². The molecule has 9 heteroatoms. The number of thioether (sulfide) groups is 1. The molecule has 0 atom stereocenters. The van der Waals surface area contributed by atoms with Crippen molar-refractivity contribution in [2.75, 3.05) is 6.26 Å². The van der Waals surface area contributed by atoms with Gasteiger partial charge in [-0.3, -0.25) is 0 Å².